The van der Waals surface area contributed by atoms with Gasteiger partial charge in [-0.05, 0) is 38.3 Å². The summed E-state index contributed by atoms with van der Waals surface area (Å²) in [6.07, 6.45) is 4.27. The zero-order valence-electron chi connectivity index (χ0n) is 8.08. The fourth-order valence-corrected chi connectivity index (χ4v) is 1.87. The Morgan fingerprint density at radius 2 is 2.21 bits per heavy atom. The minimum atomic E-state index is -0.453. The van der Waals surface area contributed by atoms with Crippen molar-refractivity contribution in [3.63, 3.8) is 0 Å². The van der Waals surface area contributed by atoms with Crippen LogP contribution in [-0.2, 0) is 6.42 Å². The fourth-order valence-electron chi connectivity index (χ4n) is 1.87. The van der Waals surface area contributed by atoms with Crippen molar-refractivity contribution in [3.8, 4) is 0 Å². The second-order valence-electron chi connectivity index (χ2n) is 3.74. The van der Waals surface area contributed by atoms with Crippen molar-refractivity contribution in [2.75, 3.05) is 13.1 Å². The molecule has 1 aromatic rings. The van der Waals surface area contributed by atoms with Gasteiger partial charge >= 0.3 is 5.76 Å². The molecule has 1 saturated heterocycles. The topological polar surface area (TPSA) is 70.9 Å². The molecule has 0 aliphatic carbocycles. The maximum Gasteiger partial charge on any atom is 0.434 e. The van der Waals surface area contributed by atoms with Gasteiger partial charge in [-0.2, -0.15) is 0 Å². The van der Waals surface area contributed by atoms with Gasteiger partial charge in [0, 0.05) is 6.42 Å². The number of H-pyrrole nitrogens is 1. The molecule has 14 heavy (non-hydrogen) atoms. The van der Waals surface area contributed by atoms with Gasteiger partial charge in [0.2, 0.25) is 5.89 Å². The summed E-state index contributed by atoms with van der Waals surface area (Å²) in [4.78, 5) is 10.6. The highest BCUT2D eigenvalue weighted by atomic mass is 16.4. The summed E-state index contributed by atoms with van der Waals surface area (Å²) in [5, 5.41) is 9.37. The highest BCUT2D eigenvalue weighted by Gasteiger charge is 2.13. The zero-order chi connectivity index (χ0) is 9.80. The van der Waals surface area contributed by atoms with Gasteiger partial charge < -0.3 is 9.73 Å². The minimum absolute atomic E-state index is 0.453. The van der Waals surface area contributed by atoms with E-state index in [0.717, 1.165) is 31.8 Å². The summed E-state index contributed by atoms with van der Waals surface area (Å²) in [5.74, 6) is 0.831. The molecule has 1 aliphatic rings. The first-order valence-corrected chi connectivity index (χ1v) is 5.09. The summed E-state index contributed by atoms with van der Waals surface area (Å²) in [5.41, 5.74) is 0. The fraction of sp³-hybridized carbons (Fsp3) is 0.778. The third-order valence-electron chi connectivity index (χ3n) is 2.71. The van der Waals surface area contributed by atoms with Crippen LogP contribution in [0.25, 0.3) is 0 Å². The Bertz CT molecular complexity index is 325. The van der Waals surface area contributed by atoms with Crippen LogP contribution in [0.5, 0.6) is 0 Å². The smallest absolute Gasteiger partial charge is 0.393 e. The summed E-state index contributed by atoms with van der Waals surface area (Å²) in [7, 11) is 0. The quantitative estimate of drug-likeness (QED) is 0.731. The second kappa shape index (κ2) is 4.41. The molecule has 1 aromatic heterocycles. The molecule has 1 fully saturated rings. The molecule has 1 aliphatic heterocycles. The van der Waals surface area contributed by atoms with Crippen LogP contribution in [-0.4, -0.2) is 23.3 Å². The number of piperidine rings is 1. The molecule has 78 valence electrons. The molecule has 0 aromatic carbocycles. The van der Waals surface area contributed by atoms with E-state index in [4.69, 9.17) is 4.42 Å². The van der Waals surface area contributed by atoms with Crippen LogP contribution < -0.4 is 11.1 Å². The number of aryl methyl sites for hydroxylation is 1. The largest absolute Gasteiger partial charge is 0.434 e. The van der Waals surface area contributed by atoms with Gasteiger partial charge in [0.15, 0.2) is 0 Å². The number of nitrogens with zero attached hydrogens (tertiary/aromatic N) is 1. The van der Waals surface area contributed by atoms with Crippen LogP contribution in [0.15, 0.2) is 9.21 Å². The molecule has 0 spiro atoms. The Hall–Kier alpha value is -1.10. The zero-order valence-corrected chi connectivity index (χ0v) is 8.08. The van der Waals surface area contributed by atoms with Crippen LogP contribution in [0.3, 0.4) is 0 Å². The van der Waals surface area contributed by atoms with Gasteiger partial charge in [0.05, 0.1) is 0 Å². The average Bonchev–Trinajstić information content (AvgIpc) is 2.63. The Kier molecular flexibility index (Phi) is 2.98. The first-order valence-electron chi connectivity index (χ1n) is 5.09. The molecule has 0 amide bonds. The number of hydrogen-bond donors (Lipinski definition) is 2. The lowest BCUT2D eigenvalue weighted by atomic mass is 9.93. The van der Waals surface area contributed by atoms with Crippen molar-refractivity contribution in [1.29, 1.82) is 0 Å². The van der Waals surface area contributed by atoms with Gasteiger partial charge in [0.1, 0.15) is 0 Å². The van der Waals surface area contributed by atoms with Crippen LogP contribution in [0.2, 0.25) is 0 Å². The normalized spacial score (nSPS) is 18.6. The minimum Gasteiger partial charge on any atom is -0.393 e. The van der Waals surface area contributed by atoms with Crippen LogP contribution in [0, 0.1) is 5.92 Å². The second-order valence-corrected chi connectivity index (χ2v) is 3.74. The summed E-state index contributed by atoms with van der Waals surface area (Å²) >= 11 is 0. The van der Waals surface area contributed by atoms with E-state index in [1.54, 1.807) is 0 Å². The van der Waals surface area contributed by atoms with Crippen molar-refractivity contribution >= 4 is 0 Å². The van der Waals surface area contributed by atoms with E-state index in [0.29, 0.717) is 5.89 Å². The molecular weight excluding hydrogens is 182 g/mol. The van der Waals surface area contributed by atoms with Crippen molar-refractivity contribution in [2.45, 2.75) is 25.7 Å². The Morgan fingerprint density at radius 1 is 1.43 bits per heavy atom. The van der Waals surface area contributed by atoms with Gasteiger partial charge in [-0.15, -0.1) is 5.10 Å². The molecule has 5 nitrogen and oxygen atoms in total. The lowest BCUT2D eigenvalue weighted by molar-refractivity contribution is 0.339. The third kappa shape index (κ3) is 2.45. The Balaban J connectivity index is 1.78. The van der Waals surface area contributed by atoms with Crippen LogP contribution in [0.1, 0.15) is 25.2 Å². The number of rotatable bonds is 3. The lowest BCUT2D eigenvalue weighted by Crippen LogP contribution is -2.27. The van der Waals surface area contributed by atoms with Gasteiger partial charge in [0.25, 0.3) is 0 Å². The molecule has 0 atom stereocenters. The molecule has 2 N–H and O–H groups in total. The predicted molar refractivity (Wildman–Crippen MR) is 51.0 cm³/mol. The maximum atomic E-state index is 10.6. The molecular formula is C9H15N3O2. The van der Waals surface area contributed by atoms with Gasteiger partial charge in [-0.25, -0.2) is 9.89 Å². The van der Waals surface area contributed by atoms with Crippen molar-refractivity contribution in [2.24, 2.45) is 5.92 Å². The van der Waals surface area contributed by atoms with E-state index in [-0.39, 0.29) is 0 Å². The summed E-state index contributed by atoms with van der Waals surface area (Å²) in [6, 6.07) is 0. The third-order valence-corrected chi connectivity index (χ3v) is 2.71. The van der Waals surface area contributed by atoms with Crippen molar-refractivity contribution in [1.82, 2.24) is 15.5 Å². The highest BCUT2D eigenvalue weighted by molar-refractivity contribution is 4.77. The predicted octanol–water partition coefficient (Wildman–Crippen LogP) is 0.295. The van der Waals surface area contributed by atoms with Gasteiger partial charge in [-0.1, -0.05) is 0 Å². The van der Waals surface area contributed by atoms with Gasteiger partial charge in [-0.3, -0.25) is 0 Å². The van der Waals surface area contributed by atoms with E-state index in [2.05, 4.69) is 15.5 Å². The molecule has 0 unspecified atom stereocenters. The summed E-state index contributed by atoms with van der Waals surface area (Å²) < 4.78 is 4.84. The number of aromatic nitrogens is 2. The van der Waals surface area contributed by atoms with Crippen molar-refractivity contribution < 1.29 is 4.42 Å². The standard InChI is InChI=1S/C9H15N3O2/c13-9-12-11-8(14-9)2-1-7-3-5-10-6-4-7/h7,10H,1-6H2,(H,12,13). The number of aromatic amines is 1. The number of nitrogens with one attached hydrogen (secondary N) is 2. The summed E-state index contributed by atoms with van der Waals surface area (Å²) in [6.45, 7) is 2.21. The first-order chi connectivity index (χ1) is 6.84. The van der Waals surface area contributed by atoms with E-state index >= 15 is 0 Å². The van der Waals surface area contributed by atoms with Crippen LogP contribution >= 0.6 is 0 Å². The Labute approximate surface area is 81.9 Å². The average molecular weight is 197 g/mol. The Morgan fingerprint density at radius 3 is 2.86 bits per heavy atom. The van der Waals surface area contributed by atoms with E-state index in [1.165, 1.54) is 12.8 Å². The highest BCUT2D eigenvalue weighted by Crippen LogP contribution is 2.17. The van der Waals surface area contributed by atoms with Crippen LogP contribution in [0.4, 0.5) is 0 Å². The SMILES string of the molecule is O=c1[nH]nc(CCC2CCNCC2)o1. The number of hydrogen-bond acceptors (Lipinski definition) is 4. The molecule has 0 bridgehead atoms. The maximum absolute atomic E-state index is 10.6. The van der Waals surface area contributed by atoms with E-state index in [1.807, 2.05) is 0 Å². The monoisotopic (exact) mass is 197 g/mol. The van der Waals surface area contributed by atoms with E-state index < -0.39 is 5.76 Å². The molecule has 2 rings (SSSR count). The molecule has 0 saturated carbocycles. The lowest BCUT2D eigenvalue weighted by Gasteiger charge is -2.21. The molecule has 5 heteroatoms. The molecule has 2 heterocycles. The van der Waals surface area contributed by atoms with E-state index in [9.17, 15) is 4.79 Å². The van der Waals surface area contributed by atoms with Crippen molar-refractivity contribution in [3.05, 3.63) is 16.4 Å². The molecule has 0 radical (unpaired) electrons. The first kappa shape index (κ1) is 9.45.